The van der Waals surface area contributed by atoms with Crippen molar-refractivity contribution in [3.05, 3.63) is 47.7 Å². The zero-order valence-electron chi connectivity index (χ0n) is 12.4. The van der Waals surface area contributed by atoms with Crippen LogP contribution in [0.25, 0.3) is 11.1 Å². The van der Waals surface area contributed by atoms with Crippen LogP contribution >= 0.6 is 0 Å². The SMILES string of the molecule is CN=Cc1cc(-c2ccc([C@H]3C[C@@H]3C(N)=O)cc2)cnc1N. The highest BCUT2D eigenvalue weighted by molar-refractivity contribution is 5.87. The van der Waals surface area contributed by atoms with Gasteiger partial charge in [0.05, 0.1) is 0 Å². The van der Waals surface area contributed by atoms with Crippen LogP contribution in [0.3, 0.4) is 0 Å². The van der Waals surface area contributed by atoms with Gasteiger partial charge >= 0.3 is 0 Å². The molecule has 4 N–H and O–H groups in total. The van der Waals surface area contributed by atoms with Gasteiger partial charge in [-0.25, -0.2) is 4.98 Å². The third kappa shape index (κ3) is 2.70. The Labute approximate surface area is 129 Å². The van der Waals surface area contributed by atoms with Crippen LogP contribution in [-0.4, -0.2) is 24.2 Å². The number of carbonyl (C=O) groups excluding carboxylic acids is 1. The van der Waals surface area contributed by atoms with Crippen molar-refractivity contribution in [3.8, 4) is 11.1 Å². The van der Waals surface area contributed by atoms with Gasteiger partial charge in [0.1, 0.15) is 5.82 Å². The number of nitrogens with zero attached hydrogens (tertiary/aromatic N) is 2. The molecule has 0 bridgehead atoms. The number of hydrogen-bond donors (Lipinski definition) is 2. The number of aliphatic imine (C=N–C) groups is 1. The first kappa shape index (κ1) is 14.3. The third-order valence-corrected chi connectivity index (χ3v) is 4.05. The fourth-order valence-corrected chi connectivity index (χ4v) is 2.69. The predicted molar refractivity (Wildman–Crippen MR) is 87.6 cm³/mol. The number of pyridine rings is 1. The first-order valence-electron chi connectivity index (χ1n) is 7.17. The Balaban J connectivity index is 1.84. The maximum absolute atomic E-state index is 11.2. The molecule has 1 heterocycles. The largest absolute Gasteiger partial charge is 0.383 e. The van der Waals surface area contributed by atoms with Gasteiger partial charge in [0.25, 0.3) is 0 Å². The number of anilines is 1. The predicted octanol–water partition coefficient (Wildman–Crippen LogP) is 1.97. The van der Waals surface area contributed by atoms with Crippen molar-refractivity contribution >= 4 is 17.9 Å². The van der Waals surface area contributed by atoms with Gasteiger partial charge in [0, 0.05) is 36.5 Å². The van der Waals surface area contributed by atoms with Gasteiger partial charge in [0.2, 0.25) is 5.91 Å². The van der Waals surface area contributed by atoms with Crippen molar-refractivity contribution in [1.29, 1.82) is 0 Å². The molecule has 0 spiro atoms. The Bertz CT molecular complexity index is 737. The van der Waals surface area contributed by atoms with Crippen LogP contribution < -0.4 is 11.5 Å². The molecular weight excluding hydrogens is 276 g/mol. The molecule has 0 unspecified atom stereocenters. The minimum absolute atomic E-state index is 0.00333. The molecule has 112 valence electrons. The van der Waals surface area contributed by atoms with Crippen molar-refractivity contribution < 1.29 is 4.79 Å². The maximum atomic E-state index is 11.2. The van der Waals surface area contributed by atoms with E-state index in [0.717, 1.165) is 28.7 Å². The van der Waals surface area contributed by atoms with Crippen LogP contribution in [0.1, 0.15) is 23.5 Å². The van der Waals surface area contributed by atoms with Crippen molar-refractivity contribution in [2.45, 2.75) is 12.3 Å². The Hall–Kier alpha value is -2.69. The summed E-state index contributed by atoms with van der Waals surface area (Å²) in [5.41, 5.74) is 15.2. The van der Waals surface area contributed by atoms with E-state index in [1.165, 1.54) is 0 Å². The highest BCUT2D eigenvalue weighted by Crippen LogP contribution is 2.47. The summed E-state index contributed by atoms with van der Waals surface area (Å²) in [4.78, 5) is 19.3. The molecule has 0 radical (unpaired) electrons. The lowest BCUT2D eigenvalue weighted by molar-refractivity contribution is -0.119. The number of rotatable bonds is 4. The number of hydrogen-bond acceptors (Lipinski definition) is 4. The molecular formula is C17H18N4O. The molecule has 1 aromatic heterocycles. The first-order chi connectivity index (χ1) is 10.6. The van der Waals surface area contributed by atoms with Gasteiger partial charge < -0.3 is 11.5 Å². The van der Waals surface area contributed by atoms with Gasteiger partial charge in [-0.1, -0.05) is 24.3 Å². The maximum Gasteiger partial charge on any atom is 0.221 e. The number of aromatic nitrogens is 1. The molecule has 22 heavy (non-hydrogen) atoms. The van der Waals surface area contributed by atoms with Crippen LogP contribution in [0.4, 0.5) is 5.82 Å². The number of primary amides is 1. The van der Waals surface area contributed by atoms with E-state index in [0.29, 0.717) is 5.82 Å². The molecule has 1 amide bonds. The summed E-state index contributed by atoms with van der Waals surface area (Å²) in [5, 5.41) is 0. The average molecular weight is 294 g/mol. The highest BCUT2D eigenvalue weighted by atomic mass is 16.1. The van der Waals surface area contributed by atoms with Crippen LogP contribution in [0, 0.1) is 5.92 Å². The lowest BCUT2D eigenvalue weighted by atomic mass is 10.0. The second-order valence-electron chi connectivity index (χ2n) is 5.56. The second-order valence-corrected chi connectivity index (χ2v) is 5.56. The third-order valence-electron chi connectivity index (χ3n) is 4.05. The molecule has 1 fully saturated rings. The Morgan fingerprint density at radius 2 is 2.05 bits per heavy atom. The standard InChI is InChI=1S/C17H18N4O/c1-20-8-13-6-12(9-21-16(13)18)10-2-4-11(5-3-10)14-7-15(14)17(19)22/h2-6,8-9,14-15H,7H2,1H3,(H2,18,21)(H2,19,22)/t14-,15+/m1/s1. The minimum Gasteiger partial charge on any atom is -0.383 e. The fraction of sp³-hybridized carbons (Fsp3) is 0.235. The van der Waals surface area contributed by atoms with Gasteiger partial charge in [0.15, 0.2) is 0 Å². The zero-order chi connectivity index (χ0) is 15.7. The van der Waals surface area contributed by atoms with Crippen molar-refractivity contribution in [2.24, 2.45) is 16.6 Å². The fourth-order valence-electron chi connectivity index (χ4n) is 2.69. The van der Waals surface area contributed by atoms with E-state index < -0.39 is 0 Å². The molecule has 0 aliphatic heterocycles. The molecule has 2 atom stereocenters. The molecule has 2 aromatic rings. The normalized spacial score (nSPS) is 20.2. The van der Waals surface area contributed by atoms with Crippen molar-refractivity contribution in [1.82, 2.24) is 4.98 Å². The van der Waals surface area contributed by atoms with E-state index in [-0.39, 0.29) is 17.7 Å². The minimum atomic E-state index is -0.208. The van der Waals surface area contributed by atoms with Crippen molar-refractivity contribution in [2.75, 3.05) is 12.8 Å². The summed E-state index contributed by atoms with van der Waals surface area (Å²) in [6.45, 7) is 0. The molecule has 1 aliphatic rings. The Morgan fingerprint density at radius 3 is 2.64 bits per heavy atom. The Morgan fingerprint density at radius 1 is 1.32 bits per heavy atom. The van der Waals surface area contributed by atoms with E-state index >= 15 is 0 Å². The van der Waals surface area contributed by atoms with Gasteiger partial charge in [-0.2, -0.15) is 0 Å². The van der Waals surface area contributed by atoms with Crippen molar-refractivity contribution in [3.63, 3.8) is 0 Å². The molecule has 1 aromatic carbocycles. The molecule has 1 aliphatic carbocycles. The second kappa shape index (κ2) is 5.60. The van der Waals surface area contributed by atoms with Crippen LogP contribution in [-0.2, 0) is 4.79 Å². The van der Waals surface area contributed by atoms with E-state index in [9.17, 15) is 4.79 Å². The van der Waals surface area contributed by atoms with E-state index in [1.807, 2.05) is 30.3 Å². The van der Waals surface area contributed by atoms with Gasteiger partial charge in [-0.3, -0.25) is 9.79 Å². The summed E-state index contributed by atoms with van der Waals surface area (Å²) < 4.78 is 0. The molecule has 3 rings (SSSR count). The Kier molecular flexibility index (Phi) is 3.63. The van der Waals surface area contributed by atoms with Gasteiger partial charge in [-0.15, -0.1) is 0 Å². The summed E-state index contributed by atoms with van der Waals surface area (Å²) in [7, 11) is 1.70. The summed E-state index contributed by atoms with van der Waals surface area (Å²) in [6, 6.07) is 10.1. The molecule has 1 saturated carbocycles. The van der Waals surface area contributed by atoms with Crippen LogP contribution in [0.5, 0.6) is 0 Å². The number of carbonyl (C=O) groups is 1. The number of nitrogens with two attached hydrogens (primary N) is 2. The lowest BCUT2D eigenvalue weighted by Crippen LogP contribution is -2.13. The quantitative estimate of drug-likeness (QED) is 0.844. The van der Waals surface area contributed by atoms with Gasteiger partial charge in [-0.05, 0) is 29.5 Å². The first-order valence-corrected chi connectivity index (χ1v) is 7.17. The zero-order valence-corrected chi connectivity index (χ0v) is 12.4. The number of amides is 1. The molecule has 5 nitrogen and oxygen atoms in total. The topological polar surface area (TPSA) is 94.4 Å². The molecule has 5 heteroatoms. The van der Waals surface area contributed by atoms with Crippen LogP contribution in [0.15, 0.2) is 41.5 Å². The van der Waals surface area contributed by atoms with Crippen LogP contribution in [0.2, 0.25) is 0 Å². The smallest absolute Gasteiger partial charge is 0.221 e. The van der Waals surface area contributed by atoms with E-state index in [4.69, 9.17) is 11.5 Å². The number of nitrogen functional groups attached to an aromatic ring is 1. The summed E-state index contributed by atoms with van der Waals surface area (Å²) in [5.74, 6) is 0.531. The number of benzene rings is 1. The average Bonchev–Trinajstić information content (AvgIpc) is 3.31. The summed E-state index contributed by atoms with van der Waals surface area (Å²) in [6.07, 6.45) is 4.30. The lowest BCUT2D eigenvalue weighted by Gasteiger charge is -2.06. The van der Waals surface area contributed by atoms with E-state index in [1.54, 1.807) is 19.5 Å². The monoisotopic (exact) mass is 294 g/mol. The molecule has 0 saturated heterocycles. The summed E-state index contributed by atoms with van der Waals surface area (Å²) >= 11 is 0. The highest BCUT2D eigenvalue weighted by Gasteiger charge is 2.42. The van der Waals surface area contributed by atoms with E-state index in [2.05, 4.69) is 9.98 Å².